The standard InChI is InChI=1S/C32H31BrFN3O2/c1-2-30(38)35-27-15-7-22(8-16-27)6-9-24-4-3-5-29(31(24)33)32(39)37-19-18-36-20-25(12-17-28(36)21-37)23-10-13-26(34)14-11-23/h2-11,13-16,25,28H,1,12,17-21H2,(H,35,38)/b9-6+/t25-,28+/m0/s1. The molecule has 0 spiro atoms. The molecule has 7 heteroatoms. The number of anilines is 1. The minimum atomic E-state index is -0.247. The highest BCUT2D eigenvalue weighted by Gasteiger charge is 2.35. The molecule has 2 amide bonds. The molecule has 0 saturated carbocycles. The molecule has 200 valence electrons. The van der Waals surface area contributed by atoms with Crippen molar-refractivity contribution in [2.24, 2.45) is 0 Å². The van der Waals surface area contributed by atoms with Crippen molar-refractivity contribution in [2.45, 2.75) is 24.8 Å². The number of hydrogen-bond donors (Lipinski definition) is 1. The van der Waals surface area contributed by atoms with Crippen LogP contribution in [0.2, 0.25) is 0 Å². The number of rotatable bonds is 6. The third-order valence-corrected chi connectivity index (χ3v) is 8.50. The number of piperazine rings is 1. The average Bonchev–Trinajstić information content (AvgIpc) is 2.97. The van der Waals surface area contributed by atoms with Gasteiger partial charge in [-0.3, -0.25) is 14.5 Å². The van der Waals surface area contributed by atoms with Crippen molar-refractivity contribution >= 4 is 45.6 Å². The Morgan fingerprint density at radius 2 is 1.72 bits per heavy atom. The summed E-state index contributed by atoms with van der Waals surface area (Å²) in [6.45, 7) is 6.66. The van der Waals surface area contributed by atoms with E-state index in [1.165, 1.54) is 11.6 Å². The quantitative estimate of drug-likeness (QED) is 0.261. The van der Waals surface area contributed by atoms with Gasteiger partial charge in [0.2, 0.25) is 5.91 Å². The third-order valence-electron chi connectivity index (χ3n) is 7.61. The lowest BCUT2D eigenvalue weighted by Crippen LogP contribution is -2.57. The summed E-state index contributed by atoms with van der Waals surface area (Å²) in [4.78, 5) is 29.5. The maximum Gasteiger partial charge on any atom is 0.255 e. The molecule has 3 aromatic rings. The van der Waals surface area contributed by atoms with E-state index < -0.39 is 0 Å². The summed E-state index contributed by atoms with van der Waals surface area (Å²) in [6.07, 6.45) is 7.25. The Kier molecular flexibility index (Phi) is 8.38. The number of hydrogen-bond acceptors (Lipinski definition) is 3. The smallest absolute Gasteiger partial charge is 0.255 e. The number of carbonyl (C=O) groups excluding carboxylic acids is 2. The summed E-state index contributed by atoms with van der Waals surface area (Å²) in [5, 5.41) is 2.74. The predicted octanol–water partition coefficient (Wildman–Crippen LogP) is 6.59. The highest BCUT2D eigenvalue weighted by Crippen LogP contribution is 2.33. The maximum absolute atomic E-state index is 13.6. The van der Waals surface area contributed by atoms with Gasteiger partial charge in [-0.25, -0.2) is 4.39 Å². The fourth-order valence-corrected chi connectivity index (χ4v) is 6.00. The van der Waals surface area contributed by atoms with Crippen LogP contribution in [0.15, 0.2) is 83.9 Å². The zero-order chi connectivity index (χ0) is 27.4. The number of halogens is 2. The van der Waals surface area contributed by atoms with Gasteiger partial charge in [0.05, 0.1) is 5.56 Å². The summed E-state index contributed by atoms with van der Waals surface area (Å²) in [5.41, 5.74) is 4.45. The molecule has 5 nitrogen and oxygen atoms in total. The van der Waals surface area contributed by atoms with E-state index in [1.807, 2.05) is 71.6 Å². The summed E-state index contributed by atoms with van der Waals surface area (Å²) in [6, 6.07) is 20.5. The molecule has 2 atom stereocenters. The van der Waals surface area contributed by atoms with E-state index in [1.54, 1.807) is 12.1 Å². The van der Waals surface area contributed by atoms with E-state index in [2.05, 4.69) is 32.7 Å². The second-order valence-electron chi connectivity index (χ2n) is 10.1. The van der Waals surface area contributed by atoms with Crippen LogP contribution in [0.4, 0.5) is 10.1 Å². The van der Waals surface area contributed by atoms with Gasteiger partial charge in [-0.2, -0.15) is 0 Å². The Morgan fingerprint density at radius 1 is 0.949 bits per heavy atom. The molecule has 3 aromatic carbocycles. The molecular weight excluding hydrogens is 557 g/mol. The predicted molar refractivity (Wildman–Crippen MR) is 158 cm³/mol. The molecule has 0 radical (unpaired) electrons. The van der Waals surface area contributed by atoms with Gasteiger partial charge in [0, 0.05) is 42.4 Å². The molecule has 39 heavy (non-hydrogen) atoms. The van der Waals surface area contributed by atoms with Crippen molar-refractivity contribution in [2.75, 3.05) is 31.5 Å². The van der Waals surface area contributed by atoms with Crippen molar-refractivity contribution in [3.05, 3.63) is 112 Å². The number of nitrogens with one attached hydrogen (secondary N) is 1. The van der Waals surface area contributed by atoms with Crippen LogP contribution >= 0.6 is 15.9 Å². The molecule has 0 aromatic heterocycles. The van der Waals surface area contributed by atoms with Gasteiger partial charge in [-0.15, -0.1) is 0 Å². The number of piperidine rings is 1. The molecule has 5 rings (SSSR count). The average molecular weight is 589 g/mol. The first-order chi connectivity index (χ1) is 18.9. The van der Waals surface area contributed by atoms with Gasteiger partial charge < -0.3 is 10.2 Å². The zero-order valence-corrected chi connectivity index (χ0v) is 23.2. The van der Waals surface area contributed by atoms with Crippen LogP contribution < -0.4 is 5.32 Å². The fourth-order valence-electron chi connectivity index (χ4n) is 5.44. The normalized spacial score (nSPS) is 19.5. The number of amides is 2. The van der Waals surface area contributed by atoms with Gasteiger partial charge in [0.1, 0.15) is 5.82 Å². The number of fused-ring (bicyclic) bond motifs is 1. The minimum Gasteiger partial charge on any atom is -0.336 e. The van der Waals surface area contributed by atoms with Crippen LogP contribution in [0.25, 0.3) is 12.2 Å². The van der Waals surface area contributed by atoms with E-state index in [4.69, 9.17) is 0 Å². The second-order valence-corrected chi connectivity index (χ2v) is 10.9. The fraction of sp³-hybridized carbons (Fsp3) is 0.250. The van der Waals surface area contributed by atoms with Crippen molar-refractivity contribution < 1.29 is 14.0 Å². The molecule has 0 aliphatic carbocycles. The first-order valence-electron chi connectivity index (χ1n) is 13.2. The minimum absolute atomic E-state index is 0.0414. The van der Waals surface area contributed by atoms with Crippen LogP contribution in [0.3, 0.4) is 0 Å². The molecule has 1 N–H and O–H groups in total. The number of benzene rings is 3. The first-order valence-corrected chi connectivity index (χ1v) is 14.0. The largest absolute Gasteiger partial charge is 0.336 e. The molecule has 0 unspecified atom stereocenters. The topological polar surface area (TPSA) is 52.7 Å². The van der Waals surface area contributed by atoms with E-state index in [-0.39, 0.29) is 17.6 Å². The van der Waals surface area contributed by atoms with Gasteiger partial charge in [0.25, 0.3) is 5.91 Å². The molecule has 2 heterocycles. The highest BCUT2D eigenvalue weighted by atomic mass is 79.9. The lowest BCUT2D eigenvalue weighted by atomic mass is 9.86. The van der Waals surface area contributed by atoms with Crippen LogP contribution in [-0.4, -0.2) is 53.8 Å². The van der Waals surface area contributed by atoms with Gasteiger partial charge in [0.15, 0.2) is 0 Å². The first kappa shape index (κ1) is 27.0. The van der Waals surface area contributed by atoms with Crippen LogP contribution in [-0.2, 0) is 4.79 Å². The Balaban J connectivity index is 1.22. The molecule has 2 fully saturated rings. The maximum atomic E-state index is 13.6. The Morgan fingerprint density at radius 3 is 2.46 bits per heavy atom. The summed E-state index contributed by atoms with van der Waals surface area (Å²) in [7, 11) is 0. The molecule has 2 aliphatic heterocycles. The SMILES string of the molecule is C=CC(=O)Nc1ccc(/C=C/c2cccc(C(=O)N3CCN4C[C@@H](c5ccc(F)cc5)CC[C@@H]4C3)c2Br)cc1. The van der Waals surface area contributed by atoms with E-state index in [9.17, 15) is 14.0 Å². The van der Waals surface area contributed by atoms with Crippen LogP contribution in [0.1, 0.15) is 45.8 Å². The summed E-state index contributed by atoms with van der Waals surface area (Å²) < 4.78 is 14.1. The number of nitrogens with zero attached hydrogens (tertiary/aromatic N) is 2. The van der Waals surface area contributed by atoms with Gasteiger partial charge >= 0.3 is 0 Å². The van der Waals surface area contributed by atoms with Crippen molar-refractivity contribution in [1.29, 1.82) is 0 Å². The molecular formula is C32H31BrFN3O2. The summed E-state index contributed by atoms with van der Waals surface area (Å²) >= 11 is 3.68. The highest BCUT2D eigenvalue weighted by molar-refractivity contribution is 9.10. The van der Waals surface area contributed by atoms with Crippen molar-refractivity contribution in [1.82, 2.24) is 9.80 Å². The molecule has 2 saturated heterocycles. The van der Waals surface area contributed by atoms with E-state index in [0.29, 0.717) is 29.8 Å². The van der Waals surface area contributed by atoms with Gasteiger partial charge in [-0.1, -0.05) is 55.1 Å². The summed E-state index contributed by atoms with van der Waals surface area (Å²) in [5.74, 6) is 0.00139. The molecule has 0 bridgehead atoms. The Bertz CT molecular complexity index is 1390. The van der Waals surface area contributed by atoms with Crippen molar-refractivity contribution in [3.63, 3.8) is 0 Å². The third kappa shape index (κ3) is 6.37. The lowest BCUT2D eigenvalue weighted by molar-refractivity contribution is -0.111. The lowest BCUT2D eigenvalue weighted by Gasteiger charge is -2.46. The molecule has 2 aliphatic rings. The monoisotopic (exact) mass is 587 g/mol. The Hall–Kier alpha value is -3.55. The Labute approximate surface area is 237 Å². The van der Waals surface area contributed by atoms with E-state index in [0.717, 1.165) is 48.1 Å². The van der Waals surface area contributed by atoms with Crippen LogP contribution in [0, 0.1) is 5.82 Å². The van der Waals surface area contributed by atoms with Gasteiger partial charge in [-0.05, 0) is 87.8 Å². The zero-order valence-electron chi connectivity index (χ0n) is 21.7. The van der Waals surface area contributed by atoms with E-state index >= 15 is 0 Å². The van der Waals surface area contributed by atoms with Crippen molar-refractivity contribution in [3.8, 4) is 0 Å². The number of carbonyl (C=O) groups is 2. The van der Waals surface area contributed by atoms with Crippen LogP contribution in [0.5, 0.6) is 0 Å². The second kappa shape index (κ2) is 12.1.